The largest absolute Gasteiger partial charge is 0.454 e. The topological polar surface area (TPSA) is 79.4 Å². The van der Waals surface area contributed by atoms with Crippen molar-refractivity contribution in [3.63, 3.8) is 0 Å². The van der Waals surface area contributed by atoms with Crippen LogP contribution in [0.25, 0.3) is 22.2 Å². The summed E-state index contributed by atoms with van der Waals surface area (Å²) in [7, 11) is 0. The van der Waals surface area contributed by atoms with Crippen LogP contribution in [-0.2, 0) is 13.0 Å². The van der Waals surface area contributed by atoms with Crippen LogP contribution >= 0.6 is 0 Å². The van der Waals surface area contributed by atoms with E-state index in [1.165, 1.54) is 0 Å². The number of para-hydroxylation sites is 1. The van der Waals surface area contributed by atoms with Crippen molar-refractivity contribution in [2.75, 3.05) is 6.79 Å². The van der Waals surface area contributed by atoms with Gasteiger partial charge in [-0.3, -0.25) is 4.79 Å². The molecule has 0 radical (unpaired) electrons. The minimum absolute atomic E-state index is 0.242. The van der Waals surface area contributed by atoms with Crippen LogP contribution in [0.5, 0.6) is 11.5 Å². The summed E-state index contributed by atoms with van der Waals surface area (Å²) in [5, 5.41) is 1.06. The molecule has 1 amide bonds. The lowest BCUT2D eigenvalue weighted by atomic mass is 10.0. The Kier molecular flexibility index (Phi) is 5.05. The Balaban J connectivity index is 1.68. The van der Waals surface area contributed by atoms with Gasteiger partial charge in [0.05, 0.1) is 16.8 Å². The first kappa shape index (κ1) is 20.1. The van der Waals surface area contributed by atoms with Gasteiger partial charge in [-0.2, -0.15) is 0 Å². The number of benzene rings is 2. The lowest BCUT2D eigenvalue weighted by Gasteiger charge is -2.13. The summed E-state index contributed by atoms with van der Waals surface area (Å²) in [6.07, 6.45) is 1.74. The van der Waals surface area contributed by atoms with Crippen molar-refractivity contribution in [3.8, 4) is 22.8 Å². The average molecular weight is 428 g/mol. The molecule has 0 bridgehead atoms. The Hall–Kier alpha value is -3.80. The van der Waals surface area contributed by atoms with Gasteiger partial charge in [-0.25, -0.2) is 4.98 Å². The first-order valence-corrected chi connectivity index (χ1v) is 10.8. The van der Waals surface area contributed by atoms with Gasteiger partial charge in [0.1, 0.15) is 0 Å². The van der Waals surface area contributed by atoms with Crippen molar-refractivity contribution < 1.29 is 14.3 Å². The van der Waals surface area contributed by atoms with E-state index in [1.807, 2.05) is 61.5 Å². The second-order valence-electron chi connectivity index (χ2n) is 8.06. The highest BCUT2D eigenvalue weighted by molar-refractivity contribution is 6.02. The zero-order valence-corrected chi connectivity index (χ0v) is 18.2. The molecule has 1 aliphatic heterocycles. The van der Waals surface area contributed by atoms with Crippen molar-refractivity contribution >= 4 is 16.8 Å². The first-order valence-electron chi connectivity index (χ1n) is 10.8. The van der Waals surface area contributed by atoms with Gasteiger partial charge in [-0.15, -0.1) is 0 Å². The van der Waals surface area contributed by atoms with E-state index in [9.17, 15) is 4.79 Å². The lowest BCUT2D eigenvalue weighted by Crippen LogP contribution is -2.14. The highest BCUT2D eigenvalue weighted by Crippen LogP contribution is 2.36. The van der Waals surface area contributed by atoms with E-state index in [2.05, 4.69) is 11.5 Å². The van der Waals surface area contributed by atoms with Gasteiger partial charge in [0.15, 0.2) is 11.5 Å². The van der Waals surface area contributed by atoms with Crippen LogP contribution in [0.1, 0.15) is 40.7 Å². The molecule has 0 spiro atoms. The zero-order valence-electron chi connectivity index (χ0n) is 18.2. The standard InChI is InChI=1S/C26H25N3O3/c1-3-6-21-25(20-11-10-18-7-4-5-8-19(18)28-20)24(26(27)30)16(2)29(21)14-17-9-12-22-23(13-17)32-15-31-22/h4-5,7-13H,3,6,14-15H2,1-2H3,(H2,27,30). The van der Waals surface area contributed by atoms with E-state index in [4.69, 9.17) is 20.2 Å². The first-order chi connectivity index (χ1) is 15.6. The number of fused-ring (bicyclic) bond motifs is 2. The Morgan fingerprint density at radius 2 is 1.91 bits per heavy atom. The Morgan fingerprint density at radius 3 is 2.72 bits per heavy atom. The van der Waals surface area contributed by atoms with Crippen LogP contribution < -0.4 is 15.2 Å². The van der Waals surface area contributed by atoms with E-state index in [-0.39, 0.29) is 6.79 Å². The molecular weight excluding hydrogens is 402 g/mol. The molecule has 0 fully saturated rings. The molecule has 0 aliphatic carbocycles. The van der Waals surface area contributed by atoms with Crippen molar-refractivity contribution in [2.24, 2.45) is 5.73 Å². The molecule has 3 heterocycles. The molecule has 0 atom stereocenters. The summed E-state index contributed by atoms with van der Waals surface area (Å²) in [5.74, 6) is 1.07. The van der Waals surface area contributed by atoms with Gasteiger partial charge in [0.2, 0.25) is 6.79 Å². The van der Waals surface area contributed by atoms with E-state index in [0.717, 1.165) is 63.5 Å². The number of hydrogen-bond acceptors (Lipinski definition) is 4. The summed E-state index contributed by atoms with van der Waals surface area (Å²) >= 11 is 0. The molecule has 2 N–H and O–H groups in total. The molecule has 2 aromatic carbocycles. The lowest BCUT2D eigenvalue weighted by molar-refractivity contribution is 0.1000. The van der Waals surface area contributed by atoms with Crippen molar-refractivity contribution in [2.45, 2.75) is 33.2 Å². The number of aromatic nitrogens is 2. The van der Waals surface area contributed by atoms with Crippen LogP contribution in [0.2, 0.25) is 0 Å². The summed E-state index contributed by atoms with van der Waals surface area (Å²) in [6, 6.07) is 18.0. The fourth-order valence-corrected chi connectivity index (χ4v) is 4.51. The van der Waals surface area contributed by atoms with Crippen LogP contribution in [0, 0.1) is 6.92 Å². The van der Waals surface area contributed by atoms with Gasteiger partial charge >= 0.3 is 0 Å². The number of pyridine rings is 1. The second kappa shape index (κ2) is 8.04. The fraction of sp³-hybridized carbons (Fsp3) is 0.231. The third-order valence-electron chi connectivity index (χ3n) is 6.00. The number of rotatable bonds is 6. The third kappa shape index (κ3) is 3.38. The molecule has 0 saturated heterocycles. The molecule has 162 valence electrons. The maximum atomic E-state index is 12.6. The van der Waals surface area contributed by atoms with Crippen molar-refractivity contribution in [3.05, 3.63) is 77.1 Å². The van der Waals surface area contributed by atoms with Crippen LogP contribution in [-0.4, -0.2) is 22.3 Å². The predicted octanol–water partition coefficient (Wildman–Crippen LogP) is 4.84. The summed E-state index contributed by atoms with van der Waals surface area (Å²) in [6.45, 7) is 4.93. The number of carbonyl (C=O) groups excluding carboxylic acids is 1. The number of carbonyl (C=O) groups is 1. The number of ether oxygens (including phenoxy) is 2. The Morgan fingerprint density at radius 1 is 1.09 bits per heavy atom. The predicted molar refractivity (Wildman–Crippen MR) is 124 cm³/mol. The highest BCUT2D eigenvalue weighted by Gasteiger charge is 2.26. The number of amides is 1. The van der Waals surface area contributed by atoms with Gasteiger partial charge in [-0.05, 0) is 43.2 Å². The maximum absolute atomic E-state index is 12.6. The second-order valence-corrected chi connectivity index (χ2v) is 8.06. The van der Waals surface area contributed by atoms with Crippen LogP contribution in [0.15, 0.2) is 54.6 Å². The summed E-state index contributed by atoms with van der Waals surface area (Å²) in [5.41, 5.74) is 11.9. The minimum Gasteiger partial charge on any atom is -0.454 e. The molecular formula is C26H25N3O3. The normalized spacial score (nSPS) is 12.4. The van der Waals surface area contributed by atoms with Crippen molar-refractivity contribution in [1.29, 1.82) is 0 Å². The Bertz CT molecular complexity index is 1340. The molecule has 5 rings (SSSR count). The molecule has 32 heavy (non-hydrogen) atoms. The third-order valence-corrected chi connectivity index (χ3v) is 6.00. The number of primary amides is 1. The maximum Gasteiger partial charge on any atom is 0.251 e. The SMILES string of the molecule is CCCc1c(-c2ccc3ccccc3n2)c(C(N)=O)c(C)n1Cc1ccc2c(c1)OCO2. The number of hydrogen-bond donors (Lipinski definition) is 1. The van der Waals surface area contributed by atoms with E-state index >= 15 is 0 Å². The number of nitrogens with zero attached hydrogens (tertiary/aromatic N) is 2. The van der Waals surface area contributed by atoms with Gasteiger partial charge in [-0.1, -0.05) is 43.7 Å². The van der Waals surface area contributed by atoms with Gasteiger partial charge < -0.3 is 19.8 Å². The smallest absolute Gasteiger partial charge is 0.251 e. The molecule has 1 aliphatic rings. The molecule has 2 aromatic heterocycles. The average Bonchev–Trinajstić information content (AvgIpc) is 3.36. The van der Waals surface area contributed by atoms with Gasteiger partial charge in [0.25, 0.3) is 5.91 Å². The monoisotopic (exact) mass is 427 g/mol. The Labute approximate surface area is 186 Å². The quantitative estimate of drug-likeness (QED) is 0.478. The van der Waals surface area contributed by atoms with Crippen LogP contribution in [0.3, 0.4) is 0 Å². The van der Waals surface area contributed by atoms with Crippen molar-refractivity contribution in [1.82, 2.24) is 9.55 Å². The molecule has 4 aromatic rings. The summed E-state index contributed by atoms with van der Waals surface area (Å²) < 4.78 is 13.2. The van der Waals surface area contributed by atoms with E-state index in [1.54, 1.807) is 0 Å². The summed E-state index contributed by atoms with van der Waals surface area (Å²) in [4.78, 5) is 17.5. The highest BCUT2D eigenvalue weighted by atomic mass is 16.7. The number of nitrogens with two attached hydrogens (primary N) is 1. The molecule has 6 heteroatoms. The molecule has 6 nitrogen and oxygen atoms in total. The minimum atomic E-state index is -0.436. The van der Waals surface area contributed by atoms with Crippen LogP contribution in [0.4, 0.5) is 0 Å². The van der Waals surface area contributed by atoms with Gasteiger partial charge in [0, 0.05) is 28.9 Å². The zero-order chi connectivity index (χ0) is 22.2. The molecule has 0 unspecified atom stereocenters. The van der Waals surface area contributed by atoms with E-state index < -0.39 is 5.91 Å². The fourth-order valence-electron chi connectivity index (χ4n) is 4.51. The van der Waals surface area contributed by atoms with E-state index in [0.29, 0.717) is 12.1 Å². The molecule has 0 saturated carbocycles.